The molecule has 142 valence electrons. The minimum atomic E-state index is -0.415. The highest BCUT2D eigenvalue weighted by Gasteiger charge is 2.29. The van der Waals surface area contributed by atoms with E-state index in [0.717, 1.165) is 16.8 Å². The van der Waals surface area contributed by atoms with Crippen molar-refractivity contribution in [2.75, 3.05) is 10.6 Å². The lowest BCUT2D eigenvalue weighted by molar-refractivity contribution is -0.520. The molecule has 0 fully saturated rings. The van der Waals surface area contributed by atoms with Gasteiger partial charge in [0, 0.05) is 22.3 Å². The summed E-state index contributed by atoms with van der Waals surface area (Å²) in [4.78, 5) is 20.6. The van der Waals surface area contributed by atoms with Crippen LogP contribution in [0.15, 0.2) is 53.3 Å². The van der Waals surface area contributed by atoms with Crippen LogP contribution in [0.25, 0.3) is 0 Å². The van der Waals surface area contributed by atoms with Crippen LogP contribution in [0.4, 0.5) is 11.6 Å². The van der Waals surface area contributed by atoms with Crippen LogP contribution in [0.1, 0.15) is 28.6 Å². The first-order chi connectivity index (χ1) is 13.4. The Morgan fingerprint density at radius 3 is 2.64 bits per heavy atom. The number of fused-ring (bicyclic) bond motifs is 1. The fourth-order valence-corrected chi connectivity index (χ4v) is 3.38. The van der Waals surface area contributed by atoms with Crippen LogP contribution in [0.3, 0.4) is 0 Å². The fourth-order valence-electron chi connectivity index (χ4n) is 3.26. The van der Waals surface area contributed by atoms with Gasteiger partial charge in [-0.1, -0.05) is 35.9 Å². The molecule has 0 amide bonds. The van der Waals surface area contributed by atoms with E-state index in [-0.39, 0.29) is 5.56 Å². The third-order valence-electron chi connectivity index (χ3n) is 4.91. The van der Waals surface area contributed by atoms with Gasteiger partial charge in [-0.05, 0) is 50.1 Å². The Bertz CT molecular complexity index is 1130. The number of aryl methyl sites for hydroxylation is 2. The second kappa shape index (κ2) is 7.13. The Morgan fingerprint density at radius 1 is 1.14 bits per heavy atom. The summed E-state index contributed by atoms with van der Waals surface area (Å²) in [7, 11) is 0. The first kappa shape index (κ1) is 18.3. The summed E-state index contributed by atoms with van der Waals surface area (Å²) in [6.07, 6.45) is -0.415. The lowest BCUT2D eigenvalue weighted by atomic mass is 10.1. The molecular formula is C21H21ClN5O+. The van der Waals surface area contributed by atoms with Gasteiger partial charge < -0.3 is 0 Å². The van der Waals surface area contributed by atoms with Gasteiger partial charge in [-0.3, -0.25) is 9.79 Å². The van der Waals surface area contributed by atoms with Gasteiger partial charge in [0.05, 0.1) is 0 Å². The molecule has 1 aliphatic heterocycles. The van der Waals surface area contributed by atoms with E-state index >= 15 is 0 Å². The van der Waals surface area contributed by atoms with Crippen molar-refractivity contribution >= 4 is 29.2 Å². The zero-order valence-corrected chi connectivity index (χ0v) is 16.6. The fraction of sp³-hybridized carbons (Fsp3) is 0.190. The van der Waals surface area contributed by atoms with E-state index in [9.17, 15) is 4.79 Å². The topological polar surface area (TPSA) is 72.9 Å². The SMILES string of the molecule is Cc1cc(=O)n2c(n1)NC(Nc1cccc(C)c1C)=[NH+][C@H]2c1ccc(Cl)cc1. The van der Waals surface area contributed by atoms with Crippen molar-refractivity contribution in [2.24, 2.45) is 0 Å². The number of hydrogen-bond donors (Lipinski definition) is 3. The van der Waals surface area contributed by atoms with Crippen LogP contribution in [-0.4, -0.2) is 15.5 Å². The lowest BCUT2D eigenvalue weighted by Crippen LogP contribution is -2.82. The maximum atomic E-state index is 12.7. The van der Waals surface area contributed by atoms with Crippen LogP contribution >= 0.6 is 11.6 Å². The van der Waals surface area contributed by atoms with E-state index in [0.29, 0.717) is 22.6 Å². The molecule has 0 bridgehead atoms. The van der Waals surface area contributed by atoms with Crippen molar-refractivity contribution in [1.29, 1.82) is 0 Å². The summed E-state index contributed by atoms with van der Waals surface area (Å²) < 4.78 is 1.60. The zero-order chi connectivity index (χ0) is 19.8. The number of nitrogens with zero attached hydrogens (tertiary/aromatic N) is 2. The van der Waals surface area contributed by atoms with Crippen molar-refractivity contribution in [3.05, 3.63) is 86.3 Å². The Labute approximate surface area is 167 Å². The molecule has 0 saturated heterocycles. The second-order valence-corrected chi connectivity index (χ2v) is 7.34. The monoisotopic (exact) mass is 394 g/mol. The van der Waals surface area contributed by atoms with Crippen molar-refractivity contribution < 1.29 is 4.99 Å². The van der Waals surface area contributed by atoms with Crippen LogP contribution < -0.4 is 21.2 Å². The molecule has 1 aromatic heterocycles. The van der Waals surface area contributed by atoms with Gasteiger partial charge in [-0.25, -0.2) is 20.2 Å². The van der Waals surface area contributed by atoms with Crippen molar-refractivity contribution in [2.45, 2.75) is 26.9 Å². The van der Waals surface area contributed by atoms with Crippen LogP contribution in [0.2, 0.25) is 5.02 Å². The summed E-state index contributed by atoms with van der Waals surface area (Å²) in [5, 5.41) is 7.24. The summed E-state index contributed by atoms with van der Waals surface area (Å²) in [6.45, 7) is 5.95. The highest BCUT2D eigenvalue weighted by molar-refractivity contribution is 6.30. The average molecular weight is 395 g/mol. The van der Waals surface area contributed by atoms with Gasteiger partial charge in [0.1, 0.15) is 5.69 Å². The second-order valence-electron chi connectivity index (χ2n) is 6.90. The first-order valence-electron chi connectivity index (χ1n) is 9.02. The number of hydrogen-bond acceptors (Lipinski definition) is 4. The minimum Gasteiger partial charge on any atom is -0.269 e. The molecular weight excluding hydrogens is 374 g/mol. The van der Waals surface area contributed by atoms with Crippen LogP contribution in [-0.2, 0) is 0 Å². The van der Waals surface area contributed by atoms with E-state index in [1.54, 1.807) is 11.5 Å². The van der Waals surface area contributed by atoms with Gasteiger partial charge in [0.25, 0.3) is 11.5 Å². The molecule has 4 rings (SSSR count). The number of anilines is 2. The van der Waals surface area contributed by atoms with Gasteiger partial charge in [-0.2, -0.15) is 0 Å². The highest BCUT2D eigenvalue weighted by Crippen LogP contribution is 2.21. The molecule has 3 N–H and O–H groups in total. The standard InChI is InChI=1S/C21H20ClN5O/c1-12-5-4-6-17(14(12)3)24-20-25-19(15-7-9-16(22)10-8-15)27-18(28)11-13(2)23-21(27)26-20/h4-11,19H,1-3H3,(H2,23,24,25,26)/p+1/t19-/m1/s1. The summed E-state index contributed by atoms with van der Waals surface area (Å²) >= 11 is 6.04. The number of halogens is 1. The van der Waals surface area contributed by atoms with Crippen molar-refractivity contribution in [3.63, 3.8) is 0 Å². The molecule has 2 heterocycles. The molecule has 0 aliphatic carbocycles. The molecule has 7 heteroatoms. The van der Waals surface area contributed by atoms with E-state index in [1.165, 1.54) is 11.6 Å². The number of rotatable bonds is 2. The molecule has 6 nitrogen and oxygen atoms in total. The van der Waals surface area contributed by atoms with E-state index in [4.69, 9.17) is 11.6 Å². The summed E-state index contributed by atoms with van der Waals surface area (Å²) in [6, 6.07) is 15.0. The number of nitrogens with one attached hydrogen (secondary N) is 3. The molecule has 0 radical (unpaired) electrons. The smallest absolute Gasteiger partial charge is 0.269 e. The number of aromatic nitrogens is 2. The average Bonchev–Trinajstić information content (AvgIpc) is 2.65. The molecule has 1 aliphatic rings. The maximum Gasteiger partial charge on any atom is 0.357 e. The largest absolute Gasteiger partial charge is 0.357 e. The minimum absolute atomic E-state index is 0.131. The maximum absolute atomic E-state index is 12.7. The Kier molecular flexibility index (Phi) is 4.65. The van der Waals surface area contributed by atoms with Crippen molar-refractivity contribution in [3.8, 4) is 0 Å². The van der Waals surface area contributed by atoms with Gasteiger partial charge in [0.15, 0.2) is 6.17 Å². The summed E-state index contributed by atoms with van der Waals surface area (Å²) in [5.41, 5.74) is 4.76. The molecule has 1 atom stereocenters. The van der Waals surface area contributed by atoms with E-state index in [2.05, 4.69) is 40.5 Å². The zero-order valence-electron chi connectivity index (χ0n) is 15.9. The third-order valence-corrected chi connectivity index (χ3v) is 5.16. The lowest BCUT2D eigenvalue weighted by Gasteiger charge is -2.23. The molecule has 3 aromatic rings. The molecule has 0 saturated carbocycles. The molecule has 0 spiro atoms. The third kappa shape index (κ3) is 3.39. The Balaban J connectivity index is 1.81. The van der Waals surface area contributed by atoms with E-state index in [1.807, 2.05) is 36.4 Å². The Hall–Kier alpha value is -3.12. The summed E-state index contributed by atoms with van der Waals surface area (Å²) in [5.74, 6) is 1.14. The van der Waals surface area contributed by atoms with Crippen molar-refractivity contribution in [1.82, 2.24) is 9.55 Å². The number of guanidine groups is 1. The first-order valence-corrected chi connectivity index (χ1v) is 9.39. The number of benzene rings is 2. The highest BCUT2D eigenvalue weighted by atomic mass is 35.5. The van der Waals surface area contributed by atoms with Gasteiger partial charge >= 0.3 is 5.96 Å². The van der Waals surface area contributed by atoms with Gasteiger partial charge in [-0.15, -0.1) is 0 Å². The predicted octanol–water partition coefficient (Wildman–Crippen LogP) is 2.34. The van der Waals surface area contributed by atoms with Gasteiger partial charge in [0.2, 0.25) is 0 Å². The van der Waals surface area contributed by atoms with Crippen LogP contribution in [0.5, 0.6) is 0 Å². The molecule has 2 aromatic carbocycles. The quantitative estimate of drug-likeness (QED) is 0.623. The van der Waals surface area contributed by atoms with Crippen LogP contribution in [0, 0.1) is 20.8 Å². The Morgan fingerprint density at radius 2 is 1.89 bits per heavy atom. The predicted molar refractivity (Wildman–Crippen MR) is 112 cm³/mol. The molecule has 0 unspecified atom stereocenters. The normalized spacial score (nSPS) is 15.4. The molecule has 28 heavy (non-hydrogen) atoms. The van der Waals surface area contributed by atoms with E-state index < -0.39 is 6.17 Å².